The maximum Gasteiger partial charge on any atom is 0.271 e. The lowest BCUT2D eigenvalue weighted by atomic mass is 9.97. The second-order valence-electron chi connectivity index (χ2n) is 6.34. The Morgan fingerprint density at radius 3 is 2.76 bits per heavy atom. The Bertz CT molecular complexity index is 753. The van der Waals surface area contributed by atoms with Crippen LogP contribution < -0.4 is 10.6 Å². The molecule has 1 heterocycles. The van der Waals surface area contributed by atoms with Gasteiger partial charge in [-0.3, -0.25) is 4.79 Å². The molecule has 0 spiro atoms. The van der Waals surface area contributed by atoms with E-state index in [-0.39, 0.29) is 5.91 Å². The number of amides is 1. The zero-order chi connectivity index (χ0) is 17.5. The third-order valence-corrected chi connectivity index (χ3v) is 4.41. The smallest absolute Gasteiger partial charge is 0.271 e. The number of allylic oxidation sites excluding steroid dienone is 1. The number of nitrogens with zero attached hydrogens (tertiary/aromatic N) is 2. The summed E-state index contributed by atoms with van der Waals surface area (Å²) in [5, 5.41) is 6.13. The number of benzene rings is 1. The summed E-state index contributed by atoms with van der Waals surface area (Å²) >= 11 is 0. The normalized spacial score (nSPS) is 13.9. The molecule has 1 aromatic heterocycles. The Morgan fingerprint density at radius 1 is 1.16 bits per heavy atom. The maximum atomic E-state index is 12.2. The van der Waals surface area contributed by atoms with Gasteiger partial charge >= 0.3 is 0 Å². The summed E-state index contributed by atoms with van der Waals surface area (Å²) in [7, 11) is 0. The number of carbonyl (C=O) groups is 1. The van der Waals surface area contributed by atoms with E-state index in [9.17, 15) is 4.79 Å². The van der Waals surface area contributed by atoms with Gasteiger partial charge in [-0.2, -0.15) is 0 Å². The van der Waals surface area contributed by atoms with Crippen molar-refractivity contribution < 1.29 is 4.79 Å². The van der Waals surface area contributed by atoms with E-state index in [0.29, 0.717) is 18.1 Å². The maximum absolute atomic E-state index is 12.2. The van der Waals surface area contributed by atoms with Crippen LogP contribution in [0.5, 0.6) is 0 Å². The van der Waals surface area contributed by atoms with E-state index in [1.165, 1.54) is 31.0 Å². The quantitative estimate of drug-likeness (QED) is 0.778. The van der Waals surface area contributed by atoms with Crippen LogP contribution in [0, 0.1) is 6.92 Å². The van der Waals surface area contributed by atoms with Gasteiger partial charge in [0.2, 0.25) is 0 Å². The predicted molar refractivity (Wildman–Crippen MR) is 100.0 cm³/mol. The van der Waals surface area contributed by atoms with Gasteiger partial charge in [-0.1, -0.05) is 29.8 Å². The third kappa shape index (κ3) is 4.89. The highest BCUT2D eigenvalue weighted by Gasteiger charge is 2.09. The lowest BCUT2D eigenvalue weighted by Gasteiger charge is -2.13. The molecule has 3 rings (SSSR count). The highest BCUT2D eigenvalue weighted by atomic mass is 16.1. The van der Waals surface area contributed by atoms with Crippen molar-refractivity contribution in [1.82, 2.24) is 15.3 Å². The monoisotopic (exact) mass is 336 g/mol. The fraction of sp³-hybridized carbons (Fsp3) is 0.350. The highest BCUT2D eigenvalue weighted by Crippen LogP contribution is 2.19. The fourth-order valence-electron chi connectivity index (χ4n) is 2.92. The molecule has 2 N–H and O–H groups in total. The first kappa shape index (κ1) is 17.1. The molecular weight excluding hydrogens is 312 g/mol. The minimum atomic E-state index is -0.175. The van der Waals surface area contributed by atoms with Crippen LogP contribution in [-0.2, 0) is 0 Å². The van der Waals surface area contributed by atoms with Gasteiger partial charge in [0.1, 0.15) is 11.5 Å². The van der Waals surface area contributed by atoms with Crippen LogP contribution in [-0.4, -0.2) is 22.4 Å². The van der Waals surface area contributed by atoms with Gasteiger partial charge in [0.05, 0.1) is 12.4 Å². The van der Waals surface area contributed by atoms with Crippen molar-refractivity contribution in [1.29, 1.82) is 0 Å². The molecule has 1 aromatic carbocycles. The molecule has 0 fully saturated rings. The number of aryl methyl sites for hydroxylation is 1. The molecule has 25 heavy (non-hydrogen) atoms. The van der Waals surface area contributed by atoms with Crippen molar-refractivity contribution in [2.45, 2.75) is 39.0 Å². The van der Waals surface area contributed by atoms with Gasteiger partial charge < -0.3 is 10.6 Å². The first-order valence-corrected chi connectivity index (χ1v) is 8.83. The summed E-state index contributed by atoms with van der Waals surface area (Å²) in [6, 6.07) is 7.96. The first-order valence-electron chi connectivity index (χ1n) is 8.83. The number of aromatic nitrogens is 2. The van der Waals surface area contributed by atoms with Gasteiger partial charge in [0.25, 0.3) is 5.91 Å². The Hall–Kier alpha value is -2.69. The van der Waals surface area contributed by atoms with E-state index in [1.54, 1.807) is 6.20 Å². The minimum absolute atomic E-state index is 0.175. The molecule has 0 aliphatic heterocycles. The molecule has 5 heteroatoms. The summed E-state index contributed by atoms with van der Waals surface area (Å²) in [5.74, 6) is 0.449. The SMILES string of the molecule is Cc1ccccc1Nc1cnc(C(=O)NCCC2=CCCCC2)cn1. The molecule has 0 bridgehead atoms. The van der Waals surface area contributed by atoms with E-state index < -0.39 is 0 Å². The number of hydrogen-bond donors (Lipinski definition) is 2. The van der Waals surface area contributed by atoms with Crippen LogP contribution in [0.25, 0.3) is 0 Å². The summed E-state index contributed by atoms with van der Waals surface area (Å²) in [6.45, 7) is 2.68. The van der Waals surface area contributed by atoms with Crippen molar-refractivity contribution in [2.75, 3.05) is 11.9 Å². The Kier molecular flexibility index (Phi) is 5.77. The molecule has 5 nitrogen and oxygen atoms in total. The van der Waals surface area contributed by atoms with Crippen LogP contribution in [0.2, 0.25) is 0 Å². The summed E-state index contributed by atoms with van der Waals surface area (Å²) in [6.07, 6.45) is 11.2. The van der Waals surface area contributed by atoms with Crippen LogP contribution in [0.1, 0.15) is 48.2 Å². The van der Waals surface area contributed by atoms with E-state index in [2.05, 4.69) is 26.7 Å². The summed E-state index contributed by atoms with van der Waals surface area (Å²) < 4.78 is 0. The average molecular weight is 336 g/mol. The van der Waals surface area contributed by atoms with Crippen LogP contribution in [0.4, 0.5) is 11.5 Å². The van der Waals surface area contributed by atoms with Gasteiger partial charge in [0.15, 0.2) is 0 Å². The standard InChI is InChI=1S/C20H24N4O/c1-15-7-5-6-10-17(15)24-19-14-22-18(13-23-19)20(25)21-12-11-16-8-3-2-4-9-16/h5-8,10,13-14H,2-4,9,11-12H2,1H3,(H,21,25)(H,23,24). The van der Waals surface area contributed by atoms with E-state index >= 15 is 0 Å². The third-order valence-electron chi connectivity index (χ3n) is 4.41. The number of para-hydroxylation sites is 1. The number of nitrogens with one attached hydrogen (secondary N) is 2. The van der Waals surface area contributed by atoms with Crippen LogP contribution in [0.3, 0.4) is 0 Å². The molecular formula is C20H24N4O. The van der Waals surface area contributed by atoms with E-state index in [1.807, 2.05) is 31.2 Å². The lowest BCUT2D eigenvalue weighted by Crippen LogP contribution is -2.26. The molecule has 0 atom stereocenters. The van der Waals surface area contributed by atoms with Crippen LogP contribution >= 0.6 is 0 Å². The second kappa shape index (κ2) is 8.42. The van der Waals surface area contributed by atoms with Crippen molar-refractivity contribution in [2.24, 2.45) is 0 Å². The number of hydrogen-bond acceptors (Lipinski definition) is 4. The lowest BCUT2D eigenvalue weighted by molar-refractivity contribution is 0.0948. The van der Waals surface area contributed by atoms with Gasteiger partial charge in [-0.15, -0.1) is 0 Å². The molecule has 0 saturated heterocycles. The van der Waals surface area contributed by atoms with Crippen molar-refractivity contribution in [3.05, 3.63) is 59.6 Å². The van der Waals surface area contributed by atoms with E-state index in [4.69, 9.17) is 0 Å². The molecule has 2 aromatic rings. The predicted octanol–water partition coefficient (Wildman–Crippen LogP) is 4.15. The van der Waals surface area contributed by atoms with E-state index in [0.717, 1.165) is 24.1 Å². The Morgan fingerprint density at radius 2 is 2.04 bits per heavy atom. The van der Waals surface area contributed by atoms with Gasteiger partial charge in [-0.25, -0.2) is 9.97 Å². The Balaban J connectivity index is 1.52. The largest absolute Gasteiger partial charge is 0.350 e. The number of anilines is 2. The minimum Gasteiger partial charge on any atom is -0.350 e. The second-order valence-corrected chi connectivity index (χ2v) is 6.34. The molecule has 0 saturated carbocycles. The Labute approximate surface area is 148 Å². The molecule has 0 unspecified atom stereocenters. The fourth-order valence-corrected chi connectivity index (χ4v) is 2.92. The molecule has 1 aliphatic carbocycles. The average Bonchev–Trinajstić information content (AvgIpc) is 2.65. The van der Waals surface area contributed by atoms with Crippen molar-refractivity contribution >= 4 is 17.4 Å². The van der Waals surface area contributed by atoms with Crippen molar-refractivity contribution in [3.63, 3.8) is 0 Å². The van der Waals surface area contributed by atoms with Crippen molar-refractivity contribution in [3.8, 4) is 0 Å². The molecule has 1 amide bonds. The molecule has 130 valence electrons. The van der Waals surface area contributed by atoms with Gasteiger partial charge in [-0.05, 0) is 50.7 Å². The zero-order valence-corrected chi connectivity index (χ0v) is 14.6. The summed E-state index contributed by atoms with van der Waals surface area (Å²) in [5.41, 5.74) is 3.90. The number of rotatable bonds is 6. The van der Waals surface area contributed by atoms with Gasteiger partial charge in [0, 0.05) is 12.2 Å². The molecule has 0 radical (unpaired) electrons. The topological polar surface area (TPSA) is 66.9 Å². The first-order chi connectivity index (χ1) is 12.2. The highest BCUT2D eigenvalue weighted by molar-refractivity contribution is 5.92. The zero-order valence-electron chi connectivity index (χ0n) is 14.6. The van der Waals surface area contributed by atoms with Crippen LogP contribution in [0.15, 0.2) is 48.3 Å². The summed E-state index contributed by atoms with van der Waals surface area (Å²) in [4.78, 5) is 20.7. The number of carbonyl (C=O) groups excluding carboxylic acids is 1. The molecule has 1 aliphatic rings.